The van der Waals surface area contributed by atoms with Gasteiger partial charge in [0.25, 0.3) is 0 Å². The first-order valence-corrected chi connectivity index (χ1v) is 6.62. The molecule has 2 aliphatic rings. The van der Waals surface area contributed by atoms with Crippen LogP contribution in [0.15, 0.2) is 12.4 Å². The van der Waals surface area contributed by atoms with Gasteiger partial charge in [0.05, 0.1) is 18.0 Å². The first-order valence-electron chi connectivity index (χ1n) is 6.62. The third-order valence-corrected chi connectivity index (χ3v) is 4.01. The highest BCUT2D eigenvalue weighted by Gasteiger charge is 2.36. The monoisotopic (exact) mass is 259 g/mol. The van der Waals surface area contributed by atoms with Gasteiger partial charge >= 0.3 is 0 Å². The summed E-state index contributed by atoms with van der Waals surface area (Å²) in [6.07, 6.45) is 4.18. The van der Waals surface area contributed by atoms with Crippen LogP contribution in [-0.4, -0.2) is 58.8 Å². The molecule has 6 heteroatoms. The molecule has 1 N–H and O–H groups in total. The van der Waals surface area contributed by atoms with E-state index in [1.165, 1.54) is 0 Å². The van der Waals surface area contributed by atoms with Crippen molar-refractivity contribution in [2.75, 3.05) is 37.7 Å². The van der Waals surface area contributed by atoms with Crippen molar-refractivity contribution < 1.29 is 5.11 Å². The predicted molar refractivity (Wildman–Crippen MR) is 69.5 cm³/mol. The highest BCUT2D eigenvalue weighted by Crippen LogP contribution is 2.27. The molecule has 0 unspecified atom stereocenters. The molecule has 2 atom stereocenters. The lowest BCUT2D eigenvalue weighted by Gasteiger charge is -2.37. The zero-order chi connectivity index (χ0) is 13.2. The number of hydrogen-bond acceptors (Lipinski definition) is 6. The molecule has 6 nitrogen and oxygen atoms in total. The number of aliphatic hydroxyl groups is 1. The Bertz CT molecular complexity index is 483. The van der Waals surface area contributed by atoms with Gasteiger partial charge < -0.3 is 10.0 Å². The summed E-state index contributed by atoms with van der Waals surface area (Å²) < 4.78 is 0. The highest BCUT2D eigenvalue weighted by atomic mass is 16.3. The van der Waals surface area contributed by atoms with Crippen LogP contribution in [-0.2, 0) is 0 Å². The summed E-state index contributed by atoms with van der Waals surface area (Å²) in [5, 5.41) is 18.0. The minimum Gasteiger partial charge on any atom is -0.396 e. The summed E-state index contributed by atoms with van der Waals surface area (Å²) in [5.41, 5.74) is 0.489. The van der Waals surface area contributed by atoms with E-state index in [-0.39, 0.29) is 6.61 Å². The third kappa shape index (κ3) is 2.39. The molecule has 1 aromatic rings. The number of anilines is 1. The average Bonchev–Trinajstić information content (AvgIpc) is 2.89. The minimum atomic E-state index is 0.278. The number of piperazine rings is 1. The van der Waals surface area contributed by atoms with E-state index in [0.717, 1.165) is 32.6 Å². The van der Waals surface area contributed by atoms with Gasteiger partial charge in [-0.3, -0.25) is 4.90 Å². The van der Waals surface area contributed by atoms with E-state index < -0.39 is 0 Å². The van der Waals surface area contributed by atoms with Gasteiger partial charge in [0.2, 0.25) is 5.95 Å². The van der Waals surface area contributed by atoms with Crippen molar-refractivity contribution in [2.24, 2.45) is 5.92 Å². The molecule has 2 aliphatic heterocycles. The molecular formula is C13H17N5O. The van der Waals surface area contributed by atoms with Crippen LogP contribution in [0.4, 0.5) is 5.95 Å². The minimum absolute atomic E-state index is 0.278. The van der Waals surface area contributed by atoms with Crippen molar-refractivity contribution in [1.29, 1.82) is 5.26 Å². The van der Waals surface area contributed by atoms with E-state index in [2.05, 4.69) is 19.8 Å². The number of hydrogen-bond donors (Lipinski definition) is 1. The highest BCUT2D eigenvalue weighted by molar-refractivity contribution is 5.34. The SMILES string of the molecule is N#Cc1cnc(N2CCN3C[C@@H](CO)C[C@H]3C2)nc1. The maximum absolute atomic E-state index is 9.26. The molecule has 1 aromatic heterocycles. The molecule has 0 bridgehead atoms. The Balaban J connectivity index is 1.69. The first-order chi connectivity index (χ1) is 9.30. The summed E-state index contributed by atoms with van der Waals surface area (Å²) in [4.78, 5) is 13.1. The van der Waals surface area contributed by atoms with Crippen LogP contribution in [0, 0.1) is 17.2 Å². The number of nitrogens with zero attached hydrogens (tertiary/aromatic N) is 5. The van der Waals surface area contributed by atoms with Gasteiger partial charge in [-0.2, -0.15) is 5.26 Å². The molecule has 0 aliphatic carbocycles. The fraction of sp³-hybridized carbons (Fsp3) is 0.615. The Kier molecular flexibility index (Phi) is 3.32. The Labute approximate surface area is 112 Å². The predicted octanol–water partition coefficient (Wildman–Crippen LogP) is -0.149. The van der Waals surface area contributed by atoms with Gasteiger partial charge in [0.1, 0.15) is 6.07 Å². The molecule has 0 spiro atoms. The van der Waals surface area contributed by atoms with Crippen molar-refractivity contribution >= 4 is 5.95 Å². The van der Waals surface area contributed by atoms with Crippen LogP contribution in [0.5, 0.6) is 0 Å². The van der Waals surface area contributed by atoms with Crippen molar-refractivity contribution in [3.05, 3.63) is 18.0 Å². The molecule has 0 aromatic carbocycles. The van der Waals surface area contributed by atoms with Crippen LogP contribution in [0.3, 0.4) is 0 Å². The van der Waals surface area contributed by atoms with Crippen molar-refractivity contribution in [2.45, 2.75) is 12.5 Å². The van der Waals surface area contributed by atoms with Crippen LogP contribution in [0.1, 0.15) is 12.0 Å². The van der Waals surface area contributed by atoms with Gasteiger partial charge in [-0.1, -0.05) is 0 Å². The second-order valence-electron chi connectivity index (χ2n) is 5.26. The molecule has 2 saturated heterocycles. The van der Waals surface area contributed by atoms with Crippen LogP contribution >= 0.6 is 0 Å². The summed E-state index contributed by atoms with van der Waals surface area (Å²) in [5.74, 6) is 1.11. The van der Waals surface area contributed by atoms with E-state index in [4.69, 9.17) is 5.26 Å². The van der Waals surface area contributed by atoms with Gasteiger partial charge in [-0.25, -0.2) is 9.97 Å². The van der Waals surface area contributed by atoms with E-state index in [0.29, 0.717) is 23.5 Å². The number of rotatable bonds is 2. The van der Waals surface area contributed by atoms with Crippen molar-refractivity contribution in [3.8, 4) is 6.07 Å². The van der Waals surface area contributed by atoms with E-state index >= 15 is 0 Å². The lowest BCUT2D eigenvalue weighted by Crippen LogP contribution is -2.50. The molecule has 3 heterocycles. The zero-order valence-corrected chi connectivity index (χ0v) is 10.7. The Morgan fingerprint density at radius 1 is 1.32 bits per heavy atom. The quantitative estimate of drug-likeness (QED) is 0.796. The van der Waals surface area contributed by atoms with Gasteiger partial charge in [0.15, 0.2) is 0 Å². The molecule has 2 fully saturated rings. The average molecular weight is 259 g/mol. The molecule has 0 amide bonds. The zero-order valence-electron chi connectivity index (χ0n) is 10.7. The van der Waals surface area contributed by atoms with Gasteiger partial charge in [0, 0.05) is 38.8 Å². The van der Waals surface area contributed by atoms with Crippen molar-refractivity contribution in [1.82, 2.24) is 14.9 Å². The summed E-state index contributed by atoms with van der Waals surface area (Å²) in [6, 6.07) is 2.52. The largest absolute Gasteiger partial charge is 0.396 e. The standard InChI is InChI=1S/C13H17N5O/c14-4-11-5-15-13(16-6-11)18-2-1-17-7-10(9-19)3-12(17)8-18/h5-6,10,12,19H,1-3,7-9H2/t10-,12-/m0/s1. The molecule has 0 saturated carbocycles. The normalized spacial score (nSPS) is 27.1. The number of aliphatic hydroxyl groups excluding tert-OH is 1. The van der Waals surface area contributed by atoms with E-state index in [9.17, 15) is 5.11 Å². The van der Waals surface area contributed by atoms with Crippen molar-refractivity contribution in [3.63, 3.8) is 0 Å². The number of aromatic nitrogens is 2. The smallest absolute Gasteiger partial charge is 0.225 e. The maximum Gasteiger partial charge on any atom is 0.225 e. The molecule has 0 radical (unpaired) electrons. The van der Waals surface area contributed by atoms with Crippen LogP contribution in [0.25, 0.3) is 0 Å². The number of fused-ring (bicyclic) bond motifs is 1. The number of nitriles is 1. The van der Waals surface area contributed by atoms with Gasteiger partial charge in [-0.05, 0) is 12.3 Å². The molecule has 19 heavy (non-hydrogen) atoms. The molecule has 3 rings (SSSR count). The topological polar surface area (TPSA) is 76.3 Å². The second-order valence-corrected chi connectivity index (χ2v) is 5.26. The van der Waals surface area contributed by atoms with Gasteiger partial charge in [-0.15, -0.1) is 0 Å². The fourth-order valence-corrected chi connectivity index (χ4v) is 3.00. The maximum atomic E-state index is 9.26. The van der Waals surface area contributed by atoms with Crippen LogP contribution in [0.2, 0.25) is 0 Å². The van der Waals surface area contributed by atoms with Crippen LogP contribution < -0.4 is 4.90 Å². The van der Waals surface area contributed by atoms with E-state index in [1.54, 1.807) is 12.4 Å². The lowest BCUT2D eigenvalue weighted by atomic mass is 10.1. The van der Waals surface area contributed by atoms with E-state index in [1.807, 2.05) is 6.07 Å². The Morgan fingerprint density at radius 3 is 2.79 bits per heavy atom. The molecule has 100 valence electrons. The summed E-state index contributed by atoms with van der Waals surface area (Å²) in [7, 11) is 0. The summed E-state index contributed by atoms with van der Waals surface area (Å²) in [6.45, 7) is 4.08. The molecular weight excluding hydrogens is 242 g/mol. The summed E-state index contributed by atoms with van der Waals surface area (Å²) >= 11 is 0. The first kappa shape index (κ1) is 12.3. The Hall–Kier alpha value is -1.71. The fourth-order valence-electron chi connectivity index (χ4n) is 3.00. The third-order valence-electron chi connectivity index (χ3n) is 4.01. The Morgan fingerprint density at radius 2 is 2.11 bits per heavy atom. The lowest BCUT2D eigenvalue weighted by molar-refractivity contribution is 0.208. The second kappa shape index (κ2) is 5.11.